The van der Waals surface area contributed by atoms with E-state index in [9.17, 15) is 9.59 Å². The third kappa shape index (κ3) is 1.80. The Kier molecular flexibility index (Phi) is 3.01. The van der Waals surface area contributed by atoms with Crippen LogP contribution in [-0.4, -0.2) is 11.6 Å². The highest BCUT2D eigenvalue weighted by molar-refractivity contribution is 6.29. The summed E-state index contributed by atoms with van der Waals surface area (Å²) < 4.78 is 0. The highest BCUT2D eigenvalue weighted by atomic mass is 16.2. The van der Waals surface area contributed by atoms with Gasteiger partial charge < -0.3 is 0 Å². The normalized spacial score (nSPS) is 14.9. The lowest BCUT2D eigenvalue weighted by Gasteiger charge is -2.16. The monoisotopic (exact) mass is 264 g/mol. The zero-order chi connectivity index (χ0) is 14.3. The van der Waals surface area contributed by atoms with Crippen molar-refractivity contribution in [3.8, 4) is 0 Å². The molecule has 2 aromatic carbocycles. The number of ketones is 2. The van der Waals surface area contributed by atoms with Crippen LogP contribution in [0.2, 0.25) is 0 Å². The van der Waals surface area contributed by atoms with Crippen molar-refractivity contribution in [3.05, 3.63) is 70.8 Å². The van der Waals surface area contributed by atoms with Crippen LogP contribution < -0.4 is 0 Å². The Labute approximate surface area is 118 Å². The molecular formula is C18H16O2. The number of carbonyl (C=O) groups excluding carboxylic acids is 2. The number of rotatable bonds is 2. The fraction of sp³-hybridized carbons (Fsp3) is 0.222. The molecule has 0 fully saturated rings. The summed E-state index contributed by atoms with van der Waals surface area (Å²) in [5, 5.41) is 0. The standard InChI is InChI=1S/C18H16O2/c1-11(2)12-7-3-4-8-13(12)16-17(19)14-9-5-6-10-15(14)18(16)20/h3-11,16H,1-2H3. The molecule has 0 unspecified atom stereocenters. The number of carbonyl (C=O) groups is 2. The molecule has 3 rings (SSSR count). The molecule has 0 bridgehead atoms. The average Bonchev–Trinajstić information content (AvgIpc) is 2.71. The highest BCUT2D eigenvalue weighted by Crippen LogP contribution is 2.37. The molecule has 2 aromatic rings. The minimum absolute atomic E-state index is 0.0706. The van der Waals surface area contributed by atoms with Crippen LogP contribution >= 0.6 is 0 Å². The zero-order valence-electron chi connectivity index (χ0n) is 11.6. The van der Waals surface area contributed by atoms with Crippen molar-refractivity contribution >= 4 is 11.6 Å². The van der Waals surface area contributed by atoms with E-state index in [4.69, 9.17) is 0 Å². The second-order valence-electron chi connectivity index (χ2n) is 5.49. The summed E-state index contributed by atoms with van der Waals surface area (Å²) in [6, 6.07) is 14.9. The third-order valence-corrected chi connectivity index (χ3v) is 3.91. The maximum atomic E-state index is 12.6. The fourth-order valence-electron chi connectivity index (χ4n) is 2.92. The van der Waals surface area contributed by atoms with Gasteiger partial charge in [-0.1, -0.05) is 62.4 Å². The Bertz CT molecular complexity index is 663. The van der Waals surface area contributed by atoms with Gasteiger partial charge in [-0.15, -0.1) is 0 Å². The molecule has 20 heavy (non-hydrogen) atoms. The molecule has 0 aromatic heterocycles. The van der Waals surface area contributed by atoms with Crippen LogP contribution in [-0.2, 0) is 0 Å². The quantitative estimate of drug-likeness (QED) is 0.769. The van der Waals surface area contributed by atoms with Crippen LogP contribution in [0.15, 0.2) is 48.5 Å². The highest BCUT2D eigenvalue weighted by Gasteiger charge is 2.40. The number of hydrogen-bond donors (Lipinski definition) is 0. The van der Waals surface area contributed by atoms with Gasteiger partial charge >= 0.3 is 0 Å². The number of benzene rings is 2. The van der Waals surface area contributed by atoms with E-state index in [1.807, 2.05) is 24.3 Å². The number of hydrogen-bond acceptors (Lipinski definition) is 2. The molecule has 0 saturated heterocycles. The fourth-order valence-corrected chi connectivity index (χ4v) is 2.92. The topological polar surface area (TPSA) is 34.1 Å². The SMILES string of the molecule is CC(C)c1ccccc1C1C(=O)c2ccccc2C1=O. The second kappa shape index (κ2) is 4.71. The lowest BCUT2D eigenvalue weighted by molar-refractivity contribution is 0.0889. The molecule has 0 atom stereocenters. The molecule has 0 saturated carbocycles. The van der Waals surface area contributed by atoms with E-state index in [2.05, 4.69) is 13.8 Å². The molecule has 2 nitrogen and oxygen atoms in total. The molecule has 2 heteroatoms. The van der Waals surface area contributed by atoms with E-state index in [0.29, 0.717) is 11.1 Å². The maximum Gasteiger partial charge on any atom is 0.178 e. The molecule has 1 aliphatic carbocycles. The molecule has 0 amide bonds. The van der Waals surface area contributed by atoms with E-state index < -0.39 is 5.92 Å². The number of Topliss-reactive ketones (excluding diaryl/α,β-unsaturated/α-hetero) is 2. The summed E-state index contributed by atoms with van der Waals surface area (Å²) >= 11 is 0. The Morgan fingerprint density at radius 3 is 1.85 bits per heavy atom. The molecule has 100 valence electrons. The van der Waals surface area contributed by atoms with E-state index >= 15 is 0 Å². The van der Waals surface area contributed by atoms with Crippen molar-refractivity contribution < 1.29 is 9.59 Å². The second-order valence-corrected chi connectivity index (χ2v) is 5.49. The first-order valence-electron chi connectivity index (χ1n) is 6.87. The van der Waals surface area contributed by atoms with E-state index in [-0.39, 0.29) is 17.5 Å². The molecule has 0 heterocycles. The van der Waals surface area contributed by atoms with Crippen LogP contribution in [0.25, 0.3) is 0 Å². The lowest BCUT2D eigenvalue weighted by atomic mass is 9.86. The lowest BCUT2D eigenvalue weighted by Crippen LogP contribution is -2.15. The summed E-state index contributed by atoms with van der Waals surface area (Å²) in [4.78, 5) is 25.1. The van der Waals surface area contributed by atoms with Gasteiger partial charge in [0.1, 0.15) is 5.92 Å². The summed E-state index contributed by atoms with van der Waals surface area (Å²) in [6.07, 6.45) is 0. The summed E-state index contributed by atoms with van der Waals surface area (Å²) in [7, 11) is 0. The van der Waals surface area contributed by atoms with Crippen LogP contribution in [0, 0.1) is 0 Å². The van der Waals surface area contributed by atoms with Crippen LogP contribution in [0.1, 0.15) is 57.5 Å². The smallest absolute Gasteiger partial charge is 0.178 e. The predicted octanol–water partition coefficient (Wildman–Crippen LogP) is 3.97. The minimum Gasteiger partial charge on any atom is -0.293 e. The maximum absolute atomic E-state index is 12.6. The Balaban J connectivity index is 2.15. The van der Waals surface area contributed by atoms with Crippen LogP contribution in [0.5, 0.6) is 0 Å². The van der Waals surface area contributed by atoms with Crippen LogP contribution in [0.4, 0.5) is 0 Å². The van der Waals surface area contributed by atoms with Gasteiger partial charge in [-0.05, 0) is 17.0 Å². The first kappa shape index (κ1) is 12.8. The Hall–Kier alpha value is -2.22. The van der Waals surface area contributed by atoms with Gasteiger partial charge in [0.15, 0.2) is 11.6 Å². The van der Waals surface area contributed by atoms with Gasteiger partial charge in [-0.3, -0.25) is 9.59 Å². The average molecular weight is 264 g/mol. The molecule has 0 N–H and O–H groups in total. The van der Waals surface area contributed by atoms with Crippen molar-refractivity contribution in [1.82, 2.24) is 0 Å². The molecule has 0 radical (unpaired) electrons. The first-order chi connectivity index (χ1) is 9.61. The first-order valence-corrected chi connectivity index (χ1v) is 6.87. The van der Waals surface area contributed by atoms with Gasteiger partial charge in [0, 0.05) is 11.1 Å². The van der Waals surface area contributed by atoms with E-state index in [1.54, 1.807) is 24.3 Å². The predicted molar refractivity (Wildman–Crippen MR) is 78.4 cm³/mol. The van der Waals surface area contributed by atoms with Crippen molar-refractivity contribution in [1.29, 1.82) is 0 Å². The van der Waals surface area contributed by atoms with Gasteiger partial charge in [-0.2, -0.15) is 0 Å². The largest absolute Gasteiger partial charge is 0.293 e. The Morgan fingerprint density at radius 2 is 1.30 bits per heavy atom. The minimum atomic E-state index is -0.661. The van der Waals surface area contributed by atoms with E-state index in [0.717, 1.165) is 11.1 Å². The van der Waals surface area contributed by atoms with Crippen LogP contribution in [0.3, 0.4) is 0 Å². The Morgan fingerprint density at radius 1 is 0.800 bits per heavy atom. The molecule has 0 aliphatic heterocycles. The zero-order valence-corrected chi connectivity index (χ0v) is 11.6. The summed E-state index contributed by atoms with van der Waals surface area (Å²) in [6.45, 7) is 4.16. The third-order valence-electron chi connectivity index (χ3n) is 3.91. The van der Waals surface area contributed by atoms with Crippen molar-refractivity contribution in [3.63, 3.8) is 0 Å². The van der Waals surface area contributed by atoms with Crippen molar-refractivity contribution in [2.75, 3.05) is 0 Å². The molecule has 1 aliphatic rings. The van der Waals surface area contributed by atoms with Gasteiger partial charge in [0.2, 0.25) is 0 Å². The van der Waals surface area contributed by atoms with E-state index in [1.165, 1.54) is 0 Å². The van der Waals surface area contributed by atoms with Gasteiger partial charge in [-0.25, -0.2) is 0 Å². The molecule has 0 spiro atoms. The van der Waals surface area contributed by atoms with Crippen molar-refractivity contribution in [2.45, 2.75) is 25.7 Å². The van der Waals surface area contributed by atoms with Crippen molar-refractivity contribution in [2.24, 2.45) is 0 Å². The summed E-state index contributed by atoms with van der Waals surface area (Å²) in [5.74, 6) is -0.515. The summed E-state index contributed by atoms with van der Waals surface area (Å²) in [5.41, 5.74) is 3.04. The van der Waals surface area contributed by atoms with Gasteiger partial charge in [0.05, 0.1) is 0 Å². The number of fused-ring (bicyclic) bond motifs is 1. The molecular weight excluding hydrogens is 248 g/mol. The van der Waals surface area contributed by atoms with Gasteiger partial charge in [0.25, 0.3) is 0 Å².